The number of hydrogen-bond acceptors (Lipinski definition) is 5. The van der Waals surface area contributed by atoms with E-state index < -0.39 is 12.0 Å². The highest BCUT2D eigenvalue weighted by molar-refractivity contribution is 5.87. The third kappa shape index (κ3) is 4.69. The Morgan fingerprint density at radius 1 is 1.18 bits per heavy atom. The summed E-state index contributed by atoms with van der Waals surface area (Å²) in [4.78, 5) is 43.0. The van der Waals surface area contributed by atoms with Crippen LogP contribution < -0.4 is 5.32 Å². The van der Waals surface area contributed by atoms with Gasteiger partial charge >= 0.3 is 5.97 Å². The van der Waals surface area contributed by atoms with E-state index >= 15 is 0 Å². The first-order valence-electron chi connectivity index (χ1n) is 9.38. The van der Waals surface area contributed by atoms with E-state index in [9.17, 15) is 14.4 Å². The zero-order valence-corrected chi connectivity index (χ0v) is 16.2. The Morgan fingerprint density at radius 2 is 1.89 bits per heavy atom. The fourth-order valence-electron chi connectivity index (χ4n) is 3.52. The smallest absolute Gasteiger partial charge is 0.328 e. The van der Waals surface area contributed by atoms with E-state index in [1.54, 1.807) is 11.8 Å². The summed E-state index contributed by atoms with van der Waals surface area (Å²) >= 11 is 0. The number of hydrogen-bond donors (Lipinski definition) is 2. The van der Waals surface area contributed by atoms with Crippen LogP contribution in [0.3, 0.4) is 0 Å². The van der Waals surface area contributed by atoms with Gasteiger partial charge in [-0.05, 0) is 11.6 Å². The number of amides is 2. The number of benzene rings is 1. The van der Waals surface area contributed by atoms with Crippen LogP contribution in [0.5, 0.6) is 0 Å². The highest BCUT2D eigenvalue weighted by atomic mass is 16.5. The Kier molecular flexibility index (Phi) is 6.30. The van der Waals surface area contributed by atoms with Gasteiger partial charge in [0.25, 0.3) is 0 Å². The van der Waals surface area contributed by atoms with Crippen LogP contribution in [-0.4, -0.2) is 78.4 Å². The Hall–Kier alpha value is -2.87. The number of H-pyrrole nitrogens is 1. The van der Waals surface area contributed by atoms with Crippen LogP contribution in [0.4, 0.5) is 0 Å². The summed E-state index contributed by atoms with van der Waals surface area (Å²) in [5.74, 6) is -0.653. The van der Waals surface area contributed by atoms with Gasteiger partial charge in [0.15, 0.2) is 0 Å². The van der Waals surface area contributed by atoms with E-state index in [0.29, 0.717) is 32.6 Å². The van der Waals surface area contributed by atoms with Gasteiger partial charge in [0.05, 0.1) is 13.7 Å². The first-order valence-corrected chi connectivity index (χ1v) is 9.38. The van der Waals surface area contributed by atoms with Crippen LogP contribution in [0.15, 0.2) is 30.5 Å². The molecule has 1 aromatic carbocycles. The van der Waals surface area contributed by atoms with Crippen molar-refractivity contribution in [2.45, 2.75) is 19.4 Å². The van der Waals surface area contributed by atoms with Gasteiger partial charge in [-0.2, -0.15) is 0 Å². The van der Waals surface area contributed by atoms with Crippen molar-refractivity contribution in [2.75, 3.05) is 39.8 Å². The number of esters is 1. The lowest BCUT2D eigenvalue weighted by Gasteiger charge is -2.33. The molecule has 0 bridgehead atoms. The summed E-state index contributed by atoms with van der Waals surface area (Å²) in [5, 5.41) is 3.82. The molecule has 8 nitrogen and oxygen atoms in total. The van der Waals surface area contributed by atoms with Gasteiger partial charge in [-0.25, -0.2) is 4.79 Å². The molecule has 1 saturated heterocycles. The predicted molar refractivity (Wildman–Crippen MR) is 105 cm³/mol. The van der Waals surface area contributed by atoms with E-state index in [2.05, 4.69) is 10.3 Å². The van der Waals surface area contributed by atoms with Crippen LogP contribution >= 0.6 is 0 Å². The predicted octanol–water partition coefficient (Wildman–Crippen LogP) is 0.532. The molecule has 1 aliphatic heterocycles. The standard InChI is InChI=1S/C20H26N4O4/c1-14(25)24-9-7-23(8-10-24)13-19(26)22-18(20(27)28-2)11-15-12-21-17-6-4-3-5-16(15)17/h3-6,12,18,21H,7-11,13H2,1-2H3,(H,22,26)/t18-/m1/s1. The second-order valence-corrected chi connectivity index (χ2v) is 6.99. The topological polar surface area (TPSA) is 94.7 Å². The molecule has 2 amide bonds. The molecule has 1 atom stereocenters. The van der Waals surface area contributed by atoms with Crippen LogP contribution in [0.1, 0.15) is 12.5 Å². The minimum absolute atomic E-state index is 0.0496. The summed E-state index contributed by atoms with van der Waals surface area (Å²) in [6.45, 7) is 4.23. The third-order valence-corrected chi connectivity index (χ3v) is 5.10. The van der Waals surface area contributed by atoms with E-state index in [-0.39, 0.29) is 18.4 Å². The fraction of sp³-hybridized carbons (Fsp3) is 0.450. The zero-order valence-electron chi connectivity index (χ0n) is 16.2. The average Bonchev–Trinajstić information content (AvgIpc) is 3.10. The van der Waals surface area contributed by atoms with Crippen molar-refractivity contribution in [3.8, 4) is 0 Å². The molecule has 0 aliphatic carbocycles. The SMILES string of the molecule is COC(=O)[C@@H](Cc1c[nH]c2ccccc12)NC(=O)CN1CCN(C(C)=O)CC1. The van der Waals surface area contributed by atoms with Crippen LogP contribution in [-0.2, 0) is 25.5 Å². The minimum atomic E-state index is -0.754. The molecule has 0 spiro atoms. The lowest BCUT2D eigenvalue weighted by Crippen LogP contribution is -2.52. The van der Waals surface area contributed by atoms with Crippen molar-refractivity contribution in [2.24, 2.45) is 0 Å². The Balaban J connectivity index is 1.60. The van der Waals surface area contributed by atoms with Crippen LogP contribution in [0, 0.1) is 0 Å². The van der Waals surface area contributed by atoms with Gasteiger partial charge < -0.3 is 19.9 Å². The number of carbonyl (C=O) groups is 3. The Bertz CT molecular complexity index is 855. The van der Waals surface area contributed by atoms with Gasteiger partial charge in [0.2, 0.25) is 11.8 Å². The molecule has 2 heterocycles. The molecule has 0 saturated carbocycles. The quantitative estimate of drug-likeness (QED) is 0.707. The maximum absolute atomic E-state index is 12.5. The minimum Gasteiger partial charge on any atom is -0.467 e. The monoisotopic (exact) mass is 386 g/mol. The molecule has 150 valence electrons. The summed E-state index contributed by atoms with van der Waals surface area (Å²) in [6.07, 6.45) is 2.20. The molecule has 1 aromatic heterocycles. The van der Waals surface area contributed by atoms with Crippen molar-refractivity contribution in [1.29, 1.82) is 0 Å². The maximum atomic E-state index is 12.5. The number of rotatable bonds is 6. The maximum Gasteiger partial charge on any atom is 0.328 e. The molecule has 1 aliphatic rings. The first kappa shape index (κ1) is 19.9. The summed E-state index contributed by atoms with van der Waals surface area (Å²) < 4.78 is 4.88. The van der Waals surface area contributed by atoms with Gasteiger partial charge in [0, 0.05) is 56.6 Å². The van der Waals surface area contributed by atoms with E-state index in [1.807, 2.05) is 35.4 Å². The van der Waals surface area contributed by atoms with Crippen molar-refractivity contribution < 1.29 is 19.1 Å². The van der Waals surface area contributed by atoms with E-state index in [4.69, 9.17) is 4.74 Å². The lowest BCUT2D eigenvalue weighted by atomic mass is 10.0. The summed E-state index contributed by atoms with van der Waals surface area (Å²) in [5.41, 5.74) is 1.93. The number of aromatic nitrogens is 1. The number of nitrogens with zero attached hydrogens (tertiary/aromatic N) is 2. The number of carbonyl (C=O) groups excluding carboxylic acids is 3. The van der Waals surface area contributed by atoms with Crippen molar-refractivity contribution >= 4 is 28.7 Å². The van der Waals surface area contributed by atoms with Crippen molar-refractivity contribution in [3.63, 3.8) is 0 Å². The summed E-state index contributed by atoms with van der Waals surface area (Å²) in [7, 11) is 1.32. The van der Waals surface area contributed by atoms with Crippen molar-refractivity contribution in [3.05, 3.63) is 36.0 Å². The van der Waals surface area contributed by atoms with Crippen molar-refractivity contribution in [1.82, 2.24) is 20.1 Å². The molecule has 3 rings (SSSR count). The van der Waals surface area contributed by atoms with Crippen LogP contribution in [0.2, 0.25) is 0 Å². The Labute approximate surface area is 163 Å². The normalized spacial score (nSPS) is 16.0. The average molecular weight is 386 g/mol. The fourth-order valence-corrected chi connectivity index (χ4v) is 3.52. The van der Waals surface area contributed by atoms with Gasteiger partial charge in [-0.3, -0.25) is 14.5 Å². The highest BCUT2D eigenvalue weighted by Crippen LogP contribution is 2.19. The van der Waals surface area contributed by atoms with Gasteiger partial charge in [-0.1, -0.05) is 18.2 Å². The summed E-state index contributed by atoms with van der Waals surface area (Å²) in [6, 6.07) is 7.06. The molecule has 1 fully saturated rings. The number of para-hydroxylation sites is 1. The molecule has 0 unspecified atom stereocenters. The molecule has 2 aromatic rings. The number of aromatic amines is 1. The number of fused-ring (bicyclic) bond motifs is 1. The lowest BCUT2D eigenvalue weighted by molar-refractivity contribution is -0.145. The number of methoxy groups -OCH3 is 1. The number of nitrogens with one attached hydrogen (secondary N) is 2. The molecule has 0 radical (unpaired) electrons. The van der Waals surface area contributed by atoms with E-state index in [1.165, 1.54) is 7.11 Å². The first-order chi connectivity index (χ1) is 13.5. The van der Waals surface area contributed by atoms with Crippen LogP contribution in [0.25, 0.3) is 10.9 Å². The number of piperazine rings is 1. The molecule has 8 heteroatoms. The molecular formula is C20H26N4O4. The molecule has 2 N–H and O–H groups in total. The Morgan fingerprint density at radius 3 is 2.57 bits per heavy atom. The third-order valence-electron chi connectivity index (χ3n) is 5.10. The highest BCUT2D eigenvalue weighted by Gasteiger charge is 2.25. The largest absolute Gasteiger partial charge is 0.467 e. The zero-order chi connectivity index (χ0) is 20.1. The molecule has 28 heavy (non-hydrogen) atoms. The van der Waals surface area contributed by atoms with Gasteiger partial charge in [0.1, 0.15) is 6.04 Å². The van der Waals surface area contributed by atoms with Gasteiger partial charge in [-0.15, -0.1) is 0 Å². The van der Waals surface area contributed by atoms with E-state index in [0.717, 1.165) is 16.5 Å². The number of ether oxygens (including phenoxy) is 1. The second-order valence-electron chi connectivity index (χ2n) is 6.99. The molecular weight excluding hydrogens is 360 g/mol. The second kappa shape index (κ2) is 8.88.